The molecule has 0 fully saturated rings. The fourth-order valence-corrected chi connectivity index (χ4v) is 3.59. The van der Waals surface area contributed by atoms with Crippen LogP contribution in [-0.4, -0.2) is 21.6 Å². The molecule has 0 aliphatic carbocycles. The fraction of sp³-hybridized carbons (Fsp3) is 0.0741. The van der Waals surface area contributed by atoms with Gasteiger partial charge in [-0.2, -0.15) is 5.10 Å². The van der Waals surface area contributed by atoms with Crippen LogP contribution in [0.3, 0.4) is 0 Å². The van der Waals surface area contributed by atoms with E-state index in [0.29, 0.717) is 22.0 Å². The number of aromatic nitrogens is 2. The Morgan fingerprint density at radius 1 is 0.882 bits per heavy atom. The molecule has 0 unspecified atom stereocenters. The summed E-state index contributed by atoms with van der Waals surface area (Å²) >= 11 is 5.87. The molecule has 1 heterocycles. The Morgan fingerprint density at radius 3 is 2.24 bits per heavy atom. The van der Waals surface area contributed by atoms with E-state index in [1.54, 1.807) is 47.2 Å². The third-order valence-electron chi connectivity index (χ3n) is 5.24. The molecule has 6 nitrogen and oxygen atoms in total. The predicted molar refractivity (Wildman–Crippen MR) is 137 cm³/mol. The van der Waals surface area contributed by atoms with Crippen LogP contribution >= 0.6 is 11.6 Å². The zero-order valence-corrected chi connectivity index (χ0v) is 19.5. The largest absolute Gasteiger partial charge is 0.323 e. The van der Waals surface area contributed by atoms with Gasteiger partial charge >= 0.3 is 0 Å². The van der Waals surface area contributed by atoms with Gasteiger partial charge in [-0.05, 0) is 74.0 Å². The Morgan fingerprint density at radius 2 is 1.56 bits per heavy atom. The standard InChI is InChI=1S/C27H23ClN4O2/c1-18-26(19(2)32(31-18)24-6-4-3-5-7-24)30-27(34)21-11-15-23(16-12-21)29-25(33)17-10-20-8-13-22(28)14-9-20/h3-17H,1-2H3,(H,29,33)(H,30,34)/b17-10+. The van der Waals surface area contributed by atoms with Crippen LogP contribution in [0.1, 0.15) is 27.3 Å². The number of carbonyl (C=O) groups is 2. The maximum Gasteiger partial charge on any atom is 0.255 e. The van der Waals surface area contributed by atoms with Crippen molar-refractivity contribution in [3.63, 3.8) is 0 Å². The zero-order valence-electron chi connectivity index (χ0n) is 18.7. The Kier molecular flexibility index (Phi) is 6.90. The van der Waals surface area contributed by atoms with Crippen LogP contribution < -0.4 is 10.6 Å². The molecule has 170 valence electrons. The highest BCUT2D eigenvalue weighted by molar-refractivity contribution is 6.30. The van der Waals surface area contributed by atoms with Gasteiger partial charge in [0.1, 0.15) is 0 Å². The van der Waals surface area contributed by atoms with Gasteiger partial charge in [0, 0.05) is 22.3 Å². The number of nitrogens with zero attached hydrogens (tertiary/aromatic N) is 2. The topological polar surface area (TPSA) is 76.0 Å². The molecule has 0 saturated carbocycles. The molecule has 1 aromatic heterocycles. The SMILES string of the molecule is Cc1nn(-c2ccccc2)c(C)c1NC(=O)c1ccc(NC(=O)/C=C/c2ccc(Cl)cc2)cc1. The Hall–Kier alpha value is -4.16. The van der Waals surface area contributed by atoms with E-state index in [0.717, 1.165) is 22.6 Å². The molecule has 2 N–H and O–H groups in total. The number of halogens is 1. The van der Waals surface area contributed by atoms with Gasteiger partial charge in [-0.1, -0.05) is 41.9 Å². The summed E-state index contributed by atoms with van der Waals surface area (Å²) in [7, 11) is 0. The van der Waals surface area contributed by atoms with E-state index in [9.17, 15) is 9.59 Å². The number of anilines is 2. The van der Waals surface area contributed by atoms with Crippen molar-refractivity contribution in [2.75, 3.05) is 10.6 Å². The number of hydrogen-bond donors (Lipinski definition) is 2. The van der Waals surface area contributed by atoms with E-state index in [1.165, 1.54) is 6.08 Å². The molecule has 0 spiro atoms. The summed E-state index contributed by atoms with van der Waals surface area (Å²) in [6.45, 7) is 3.77. The fourth-order valence-electron chi connectivity index (χ4n) is 3.46. The van der Waals surface area contributed by atoms with Gasteiger partial charge in [-0.25, -0.2) is 4.68 Å². The quantitative estimate of drug-likeness (QED) is 0.337. The van der Waals surface area contributed by atoms with Crippen molar-refractivity contribution in [2.45, 2.75) is 13.8 Å². The Bertz CT molecular complexity index is 1340. The molecule has 0 aliphatic rings. The van der Waals surface area contributed by atoms with Gasteiger partial charge in [0.2, 0.25) is 5.91 Å². The summed E-state index contributed by atoms with van der Waals surface area (Å²) in [5, 5.41) is 10.9. The molecule has 0 atom stereocenters. The van der Waals surface area contributed by atoms with E-state index in [4.69, 9.17) is 11.6 Å². The van der Waals surface area contributed by atoms with Crippen LogP contribution in [0, 0.1) is 13.8 Å². The maximum absolute atomic E-state index is 12.8. The minimum atomic E-state index is -0.272. The van der Waals surface area contributed by atoms with E-state index in [1.807, 2.05) is 56.3 Å². The highest BCUT2D eigenvalue weighted by atomic mass is 35.5. The molecule has 0 radical (unpaired) electrons. The molecular formula is C27H23ClN4O2. The molecule has 0 bridgehead atoms. The lowest BCUT2D eigenvalue weighted by atomic mass is 10.1. The number of rotatable bonds is 6. The third-order valence-corrected chi connectivity index (χ3v) is 5.49. The van der Waals surface area contributed by atoms with Crippen LogP contribution in [0.5, 0.6) is 0 Å². The maximum atomic E-state index is 12.8. The van der Waals surface area contributed by atoms with Gasteiger partial charge in [-0.15, -0.1) is 0 Å². The smallest absolute Gasteiger partial charge is 0.255 e. The molecule has 4 aromatic rings. The second kappa shape index (κ2) is 10.2. The van der Waals surface area contributed by atoms with Crippen molar-refractivity contribution in [1.82, 2.24) is 9.78 Å². The summed E-state index contributed by atoms with van der Waals surface area (Å²) in [4.78, 5) is 25.0. The number of para-hydroxylation sites is 1. The lowest BCUT2D eigenvalue weighted by Gasteiger charge is -2.08. The number of nitrogens with one attached hydrogen (secondary N) is 2. The molecular weight excluding hydrogens is 448 g/mol. The first-order chi connectivity index (χ1) is 16.4. The average molecular weight is 471 g/mol. The monoisotopic (exact) mass is 470 g/mol. The van der Waals surface area contributed by atoms with E-state index >= 15 is 0 Å². The van der Waals surface area contributed by atoms with Gasteiger partial charge in [0.05, 0.1) is 22.8 Å². The van der Waals surface area contributed by atoms with Crippen molar-refractivity contribution in [2.24, 2.45) is 0 Å². The predicted octanol–water partition coefficient (Wildman–Crippen LogP) is 6.05. The summed E-state index contributed by atoms with van der Waals surface area (Å²) < 4.78 is 1.81. The number of benzene rings is 3. The molecule has 4 rings (SSSR count). The van der Waals surface area contributed by atoms with Crippen LogP contribution in [0.15, 0.2) is 84.9 Å². The van der Waals surface area contributed by atoms with E-state index in [-0.39, 0.29) is 11.8 Å². The highest BCUT2D eigenvalue weighted by Crippen LogP contribution is 2.23. The first-order valence-electron chi connectivity index (χ1n) is 10.7. The minimum absolute atomic E-state index is 0.251. The van der Waals surface area contributed by atoms with E-state index in [2.05, 4.69) is 15.7 Å². The first-order valence-corrected chi connectivity index (χ1v) is 11.1. The summed E-state index contributed by atoms with van der Waals surface area (Å²) in [6, 6.07) is 23.6. The normalized spacial score (nSPS) is 10.9. The number of aryl methyl sites for hydroxylation is 1. The van der Waals surface area contributed by atoms with E-state index < -0.39 is 0 Å². The van der Waals surface area contributed by atoms with Gasteiger partial charge in [0.15, 0.2) is 0 Å². The summed E-state index contributed by atoms with van der Waals surface area (Å²) in [5.41, 5.74) is 5.10. The van der Waals surface area contributed by atoms with Crippen molar-refractivity contribution in [1.29, 1.82) is 0 Å². The van der Waals surface area contributed by atoms with Crippen LogP contribution in [-0.2, 0) is 4.79 Å². The number of hydrogen-bond acceptors (Lipinski definition) is 3. The lowest BCUT2D eigenvalue weighted by Crippen LogP contribution is -2.13. The molecule has 3 aromatic carbocycles. The molecule has 7 heteroatoms. The molecule has 34 heavy (non-hydrogen) atoms. The molecule has 2 amide bonds. The first kappa shape index (κ1) is 23.0. The van der Waals surface area contributed by atoms with Crippen molar-refractivity contribution < 1.29 is 9.59 Å². The Labute approximate surface area is 202 Å². The highest BCUT2D eigenvalue weighted by Gasteiger charge is 2.16. The van der Waals surface area contributed by atoms with Crippen molar-refractivity contribution in [3.8, 4) is 5.69 Å². The van der Waals surface area contributed by atoms with Crippen molar-refractivity contribution in [3.05, 3.63) is 112 Å². The van der Waals surface area contributed by atoms with Gasteiger partial charge in [0.25, 0.3) is 5.91 Å². The van der Waals surface area contributed by atoms with Gasteiger partial charge in [-0.3, -0.25) is 9.59 Å². The second-order valence-electron chi connectivity index (χ2n) is 7.70. The number of amides is 2. The third kappa shape index (κ3) is 5.42. The zero-order chi connectivity index (χ0) is 24.1. The van der Waals surface area contributed by atoms with Gasteiger partial charge < -0.3 is 10.6 Å². The second-order valence-corrected chi connectivity index (χ2v) is 8.14. The van der Waals surface area contributed by atoms with Crippen LogP contribution in [0.4, 0.5) is 11.4 Å². The average Bonchev–Trinajstić information content (AvgIpc) is 3.13. The van der Waals surface area contributed by atoms with Crippen LogP contribution in [0.2, 0.25) is 5.02 Å². The summed E-state index contributed by atoms with van der Waals surface area (Å²) in [6.07, 6.45) is 3.15. The van der Waals surface area contributed by atoms with Crippen molar-refractivity contribution >= 4 is 40.9 Å². The molecule has 0 saturated heterocycles. The minimum Gasteiger partial charge on any atom is -0.323 e. The molecule has 0 aliphatic heterocycles. The number of carbonyl (C=O) groups excluding carboxylic acids is 2. The lowest BCUT2D eigenvalue weighted by molar-refractivity contribution is -0.111. The van der Waals surface area contributed by atoms with Crippen LogP contribution in [0.25, 0.3) is 11.8 Å². The Balaban J connectivity index is 1.40. The summed E-state index contributed by atoms with van der Waals surface area (Å²) in [5.74, 6) is -0.522.